The molecule has 18 heavy (non-hydrogen) atoms. The van der Waals surface area contributed by atoms with Crippen LogP contribution in [0, 0.1) is 11.6 Å². The smallest absolute Gasteiger partial charge is 0.180 e. The molecule has 1 aromatic carbocycles. The summed E-state index contributed by atoms with van der Waals surface area (Å²) in [6, 6.07) is 4.11. The molecule has 1 aliphatic rings. The quantitative estimate of drug-likeness (QED) is 0.858. The molecule has 1 atom stereocenters. The molecule has 2 aromatic rings. The molecule has 0 amide bonds. The van der Waals surface area contributed by atoms with E-state index in [1.165, 1.54) is 23.5 Å². The normalized spacial score (nSPS) is 18.7. The van der Waals surface area contributed by atoms with Crippen molar-refractivity contribution in [3.63, 3.8) is 0 Å². The van der Waals surface area contributed by atoms with Gasteiger partial charge in [0.25, 0.3) is 0 Å². The van der Waals surface area contributed by atoms with Gasteiger partial charge in [-0.15, -0.1) is 11.3 Å². The van der Waals surface area contributed by atoms with Crippen LogP contribution in [0.15, 0.2) is 18.2 Å². The summed E-state index contributed by atoms with van der Waals surface area (Å²) < 4.78 is 26.3. The summed E-state index contributed by atoms with van der Waals surface area (Å²) in [6.07, 6.45) is 2.85. The summed E-state index contributed by atoms with van der Waals surface area (Å²) >= 11 is 1.45. The van der Waals surface area contributed by atoms with Gasteiger partial charge in [0.15, 0.2) is 16.8 Å². The van der Waals surface area contributed by atoms with Crippen molar-refractivity contribution in [1.82, 2.24) is 4.98 Å². The molecular formula is C13H12F2N2S. The summed E-state index contributed by atoms with van der Waals surface area (Å²) in [7, 11) is 0. The van der Waals surface area contributed by atoms with Gasteiger partial charge in [-0.25, -0.2) is 13.8 Å². The van der Waals surface area contributed by atoms with Crippen molar-refractivity contribution in [2.75, 3.05) is 5.73 Å². The number of nitrogens with zero attached hydrogens (tertiary/aromatic N) is 1. The number of aryl methyl sites for hydroxylation is 1. The topological polar surface area (TPSA) is 38.9 Å². The SMILES string of the molecule is Nc1nc2c(s1)C(c1ccc(F)c(F)c1)CCC2. The summed E-state index contributed by atoms with van der Waals surface area (Å²) in [5, 5.41) is 0.550. The first-order valence-electron chi connectivity index (χ1n) is 5.85. The maximum Gasteiger partial charge on any atom is 0.180 e. The number of hydrogen-bond donors (Lipinski definition) is 1. The number of nitrogen functional groups attached to an aromatic ring is 1. The molecule has 0 bridgehead atoms. The Morgan fingerprint density at radius 1 is 1.28 bits per heavy atom. The fourth-order valence-corrected chi connectivity index (χ4v) is 3.53. The van der Waals surface area contributed by atoms with E-state index >= 15 is 0 Å². The molecule has 3 rings (SSSR count). The first-order valence-corrected chi connectivity index (χ1v) is 6.67. The van der Waals surface area contributed by atoms with E-state index in [4.69, 9.17) is 5.73 Å². The van der Waals surface area contributed by atoms with Crippen LogP contribution in [0.2, 0.25) is 0 Å². The minimum Gasteiger partial charge on any atom is -0.375 e. The van der Waals surface area contributed by atoms with E-state index in [9.17, 15) is 8.78 Å². The summed E-state index contributed by atoms with van der Waals surface area (Å²) in [5.74, 6) is -1.51. The van der Waals surface area contributed by atoms with Crippen LogP contribution in [0.4, 0.5) is 13.9 Å². The molecule has 1 unspecified atom stereocenters. The Labute approximate surface area is 107 Å². The van der Waals surface area contributed by atoms with Crippen molar-refractivity contribution in [2.24, 2.45) is 0 Å². The van der Waals surface area contributed by atoms with Crippen LogP contribution in [0.5, 0.6) is 0 Å². The van der Waals surface area contributed by atoms with Crippen molar-refractivity contribution in [1.29, 1.82) is 0 Å². The Morgan fingerprint density at radius 3 is 2.89 bits per heavy atom. The van der Waals surface area contributed by atoms with Crippen LogP contribution in [-0.4, -0.2) is 4.98 Å². The van der Waals surface area contributed by atoms with Gasteiger partial charge in [0.1, 0.15) is 0 Å². The summed E-state index contributed by atoms with van der Waals surface area (Å²) in [4.78, 5) is 5.40. The van der Waals surface area contributed by atoms with Gasteiger partial charge in [0.2, 0.25) is 0 Å². The highest BCUT2D eigenvalue weighted by Crippen LogP contribution is 2.40. The lowest BCUT2D eigenvalue weighted by Crippen LogP contribution is -2.09. The van der Waals surface area contributed by atoms with E-state index in [2.05, 4.69) is 4.98 Å². The van der Waals surface area contributed by atoms with Gasteiger partial charge in [0.05, 0.1) is 5.69 Å². The lowest BCUT2D eigenvalue weighted by Gasteiger charge is -2.21. The highest BCUT2D eigenvalue weighted by atomic mass is 32.1. The Morgan fingerprint density at radius 2 is 2.11 bits per heavy atom. The summed E-state index contributed by atoms with van der Waals surface area (Å²) in [6.45, 7) is 0. The molecule has 5 heteroatoms. The van der Waals surface area contributed by atoms with E-state index < -0.39 is 11.6 Å². The number of benzene rings is 1. The van der Waals surface area contributed by atoms with E-state index in [0.29, 0.717) is 5.13 Å². The lowest BCUT2D eigenvalue weighted by atomic mass is 9.86. The number of halogens is 2. The molecule has 2 nitrogen and oxygen atoms in total. The summed E-state index contributed by atoms with van der Waals surface area (Å²) in [5.41, 5.74) is 7.54. The minimum atomic E-state index is -0.807. The monoisotopic (exact) mass is 266 g/mol. The second kappa shape index (κ2) is 4.31. The molecule has 0 radical (unpaired) electrons. The molecule has 0 saturated carbocycles. The Bertz CT molecular complexity index is 595. The zero-order valence-electron chi connectivity index (χ0n) is 9.62. The number of nitrogens with two attached hydrogens (primary N) is 1. The van der Waals surface area contributed by atoms with Crippen LogP contribution in [0.3, 0.4) is 0 Å². The van der Waals surface area contributed by atoms with Crippen molar-refractivity contribution < 1.29 is 8.78 Å². The fourth-order valence-electron chi connectivity index (χ4n) is 2.49. The molecule has 0 fully saturated rings. The number of fused-ring (bicyclic) bond motifs is 1. The predicted molar refractivity (Wildman–Crippen MR) is 67.7 cm³/mol. The van der Waals surface area contributed by atoms with Crippen LogP contribution >= 0.6 is 11.3 Å². The average molecular weight is 266 g/mol. The molecule has 1 heterocycles. The van der Waals surface area contributed by atoms with E-state index in [1.54, 1.807) is 6.07 Å². The average Bonchev–Trinajstić information content (AvgIpc) is 2.72. The Kier molecular flexibility index (Phi) is 2.78. The number of anilines is 1. The predicted octanol–water partition coefficient (Wildman–Crippen LogP) is 3.47. The zero-order chi connectivity index (χ0) is 12.7. The third-order valence-electron chi connectivity index (χ3n) is 3.31. The molecule has 2 N–H and O–H groups in total. The maximum atomic E-state index is 13.3. The van der Waals surface area contributed by atoms with Gasteiger partial charge in [-0.05, 0) is 37.0 Å². The zero-order valence-corrected chi connectivity index (χ0v) is 10.4. The fraction of sp³-hybridized carbons (Fsp3) is 0.308. The number of rotatable bonds is 1. The van der Waals surface area contributed by atoms with Crippen molar-refractivity contribution >= 4 is 16.5 Å². The number of hydrogen-bond acceptors (Lipinski definition) is 3. The highest BCUT2D eigenvalue weighted by Gasteiger charge is 2.26. The second-order valence-corrected chi connectivity index (χ2v) is 5.54. The first-order chi connectivity index (χ1) is 8.65. The van der Waals surface area contributed by atoms with Crippen LogP contribution in [0.25, 0.3) is 0 Å². The third kappa shape index (κ3) is 1.88. The third-order valence-corrected chi connectivity index (χ3v) is 4.35. The standard InChI is InChI=1S/C13H12F2N2S/c14-9-5-4-7(6-10(9)15)8-2-1-3-11-12(8)18-13(16)17-11/h4-6,8H,1-3H2,(H2,16,17). The number of thiazole rings is 1. The molecule has 1 aromatic heterocycles. The molecule has 94 valence electrons. The second-order valence-electron chi connectivity index (χ2n) is 4.48. The lowest BCUT2D eigenvalue weighted by molar-refractivity contribution is 0.504. The van der Waals surface area contributed by atoms with Gasteiger partial charge >= 0.3 is 0 Å². The molecule has 0 spiro atoms. The van der Waals surface area contributed by atoms with E-state index in [-0.39, 0.29) is 5.92 Å². The number of aromatic nitrogens is 1. The molecular weight excluding hydrogens is 254 g/mol. The van der Waals surface area contributed by atoms with Crippen molar-refractivity contribution in [3.05, 3.63) is 46.0 Å². The van der Waals surface area contributed by atoms with Gasteiger partial charge in [0, 0.05) is 10.8 Å². The molecule has 1 aliphatic carbocycles. The Balaban J connectivity index is 2.05. The maximum absolute atomic E-state index is 13.3. The van der Waals surface area contributed by atoms with E-state index in [0.717, 1.165) is 35.4 Å². The van der Waals surface area contributed by atoms with Crippen molar-refractivity contribution in [2.45, 2.75) is 25.2 Å². The van der Waals surface area contributed by atoms with Gasteiger partial charge < -0.3 is 5.73 Å². The largest absolute Gasteiger partial charge is 0.375 e. The first kappa shape index (κ1) is 11.6. The molecule has 0 aliphatic heterocycles. The van der Waals surface area contributed by atoms with Gasteiger partial charge in [-0.3, -0.25) is 0 Å². The van der Waals surface area contributed by atoms with Gasteiger partial charge in [-0.2, -0.15) is 0 Å². The molecule has 0 saturated heterocycles. The van der Waals surface area contributed by atoms with Crippen LogP contribution < -0.4 is 5.73 Å². The van der Waals surface area contributed by atoms with E-state index in [1.807, 2.05) is 0 Å². The van der Waals surface area contributed by atoms with Crippen LogP contribution in [-0.2, 0) is 6.42 Å². The van der Waals surface area contributed by atoms with Crippen molar-refractivity contribution in [3.8, 4) is 0 Å². The van der Waals surface area contributed by atoms with Crippen LogP contribution in [0.1, 0.15) is 34.9 Å². The Hall–Kier alpha value is -1.49. The van der Waals surface area contributed by atoms with Gasteiger partial charge in [-0.1, -0.05) is 6.07 Å². The highest BCUT2D eigenvalue weighted by molar-refractivity contribution is 7.15. The minimum absolute atomic E-state index is 0.0960.